The van der Waals surface area contributed by atoms with Crippen molar-refractivity contribution < 1.29 is 14.3 Å². The van der Waals surface area contributed by atoms with Crippen LogP contribution in [0.3, 0.4) is 0 Å². The van der Waals surface area contributed by atoms with Crippen molar-refractivity contribution in [2.75, 3.05) is 18.5 Å². The van der Waals surface area contributed by atoms with Gasteiger partial charge < -0.3 is 19.8 Å². The first-order valence-electron chi connectivity index (χ1n) is 7.89. The van der Waals surface area contributed by atoms with Crippen LogP contribution in [0, 0.1) is 13.8 Å². The van der Waals surface area contributed by atoms with Crippen molar-refractivity contribution in [2.24, 2.45) is 0 Å². The second kappa shape index (κ2) is 7.14. The van der Waals surface area contributed by atoms with E-state index in [-0.39, 0.29) is 17.9 Å². The van der Waals surface area contributed by atoms with Gasteiger partial charge in [-0.3, -0.25) is 9.59 Å². The molecule has 0 spiro atoms. The second-order valence-electron chi connectivity index (χ2n) is 5.74. The minimum absolute atomic E-state index is 0.138. The van der Waals surface area contributed by atoms with Gasteiger partial charge in [0.2, 0.25) is 5.91 Å². The number of fused-ring (bicyclic) bond motifs is 1. The average molecular weight is 364 g/mol. The van der Waals surface area contributed by atoms with Crippen LogP contribution in [0.4, 0.5) is 5.69 Å². The van der Waals surface area contributed by atoms with Gasteiger partial charge in [-0.05, 0) is 20.3 Å². The zero-order valence-electron chi connectivity index (χ0n) is 13.9. The molecule has 1 aliphatic rings. The molecule has 1 aromatic heterocycles. The number of nitrogens with one attached hydrogen (secondary N) is 2. The van der Waals surface area contributed by atoms with Crippen LogP contribution in [-0.4, -0.2) is 29.1 Å². The highest BCUT2D eigenvalue weighted by molar-refractivity contribution is 6.34. The number of nitrogens with zero attached hydrogens (tertiary/aromatic N) is 1. The van der Waals surface area contributed by atoms with Gasteiger partial charge in [0.25, 0.3) is 5.56 Å². The van der Waals surface area contributed by atoms with Crippen LogP contribution in [0.15, 0.2) is 16.9 Å². The number of amides is 1. The van der Waals surface area contributed by atoms with Gasteiger partial charge in [0.1, 0.15) is 19.0 Å². The quantitative estimate of drug-likeness (QED) is 0.869. The molecule has 0 unspecified atom stereocenters. The van der Waals surface area contributed by atoms with E-state index in [1.807, 2.05) is 0 Å². The molecule has 0 saturated carbocycles. The molecule has 2 heterocycles. The molecule has 2 N–H and O–H groups in total. The number of hydrogen-bond donors (Lipinski definition) is 2. The lowest BCUT2D eigenvalue weighted by atomic mass is 10.1. The van der Waals surface area contributed by atoms with E-state index in [2.05, 4.69) is 15.3 Å². The molecule has 0 fully saturated rings. The lowest BCUT2D eigenvalue weighted by molar-refractivity contribution is -0.116. The summed E-state index contributed by atoms with van der Waals surface area (Å²) in [6.07, 6.45) is 0.432. The first kappa shape index (κ1) is 17.3. The minimum Gasteiger partial charge on any atom is -0.486 e. The van der Waals surface area contributed by atoms with Crippen molar-refractivity contribution in [3.8, 4) is 11.5 Å². The van der Waals surface area contributed by atoms with Crippen molar-refractivity contribution in [3.63, 3.8) is 0 Å². The predicted octanol–water partition coefficient (Wildman–Crippen LogP) is 2.38. The summed E-state index contributed by atoms with van der Waals surface area (Å²) in [5.41, 5.74) is 1.37. The third-order valence-corrected chi connectivity index (χ3v) is 4.16. The third kappa shape index (κ3) is 3.93. The van der Waals surface area contributed by atoms with E-state index in [9.17, 15) is 9.59 Å². The van der Waals surface area contributed by atoms with Crippen molar-refractivity contribution in [2.45, 2.75) is 26.7 Å². The summed E-state index contributed by atoms with van der Waals surface area (Å²) in [6, 6.07) is 3.25. The van der Waals surface area contributed by atoms with Crippen LogP contribution in [0.25, 0.3) is 0 Å². The van der Waals surface area contributed by atoms with E-state index < -0.39 is 0 Å². The summed E-state index contributed by atoms with van der Waals surface area (Å²) in [5.74, 6) is 1.40. The molecule has 8 heteroatoms. The molecule has 1 amide bonds. The van der Waals surface area contributed by atoms with Crippen LogP contribution < -0.4 is 20.3 Å². The second-order valence-corrected chi connectivity index (χ2v) is 6.15. The molecule has 0 radical (unpaired) electrons. The number of aryl methyl sites for hydroxylation is 2. The van der Waals surface area contributed by atoms with E-state index in [1.54, 1.807) is 26.0 Å². The number of carbonyl (C=O) groups is 1. The SMILES string of the molecule is Cc1nc(C)c(CCC(=O)Nc2cc3c(cc2Cl)OCCO3)c(=O)[nH]1. The topological polar surface area (TPSA) is 93.3 Å². The van der Waals surface area contributed by atoms with E-state index >= 15 is 0 Å². The largest absolute Gasteiger partial charge is 0.486 e. The van der Waals surface area contributed by atoms with Gasteiger partial charge in [0, 0.05) is 29.8 Å². The van der Waals surface area contributed by atoms with Gasteiger partial charge in [0.05, 0.1) is 10.7 Å². The monoisotopic (exact) mass is 363 g/mol. The maximum Gasteiger partial charge on any atom is 0.254 e. The number of carbonyl (C=O) groups excluding carboxylic acids is 1. The zero-order chi connectivity index (χ0) is 18.0. The fourth-order valence-corrected chi connectivity index (χ4v) is 2.86. The summed E-state index contributed by atoms with van der Waals surface area (Å²) in [4.78, 5) is 31.1. The molecule has 3 rings (SSSR count). The molecule has 1 aliphatic heterocycles. The molecule has 2 aromatic rings. The Bertz CT molecular complexity index is 879. The predicted molar refractivity (Wildman–Crippen MR) is 93.7 cm³/mol. The highest BCUT2D eigenvalue weighted by Crippen LogP contribution is 2.37. The number of benzene rings is 1. The van der Waals surface area contributed by atoms with Gasteiger partial charge in [-0.1, -0.05) is 11.6 Å². The summed E-state index contributed by atoms with van der Waals surface area (Å²) in [7, 11) is 0. The third-order valence-electron chi connectivity index (χ3n) is 3.85. The number of hydrogen-bond acceptors (Lipinski definition) is 5. The smallest absolute Gasteiger partial charge is 0.254 e. The number of ether oxygens (including phenoxy) is 2. The van der Waals surface area contributed by atoms with Crippen LogP contribution >= 0.6 is 11.6 Å². The lowest BCUT2D eigenvalue weighted by Crippen LogP contribution is -2.21. The fraction of sp³-hybridized carbons (Fsp3) is 0.353. The number of halogens is 1. The van der Waals surface area contributed by atoms with Gasteiger partial charge in [0.15, 0.2) is 11.5 Å². The molecule has 7 nitrogen and oxygen atoms in total. The van der Waals surface area contributed by atoms with E-state index in [1.165, 1.54) is 0 Å². The van der Waals surface area contributed by atoms with Crippen LogP contribution in [-0.2, 0) is 11.2 Å². The number of rotatable bonds is 4. The number of aromatic amines is 1. The zero-order valence-corrected chi connectivity index (χ0v) is 14.7. The van der Waals surface area contributed by atoms with Crippen molar-refractivity contribution in [1.82, 2.24) is 9.97 Å². The highest BCUT2D eigenvalue weighted by atomic mass is 35.5. The Morgan fingerprint density at radius 2 is 1.96 bits per heavy atom. The first-order chi connectivity index (χ1) is 11.9. The molecule has 1 aromatic carbocycles. The number of aromatic nitrogens is 2. The summed E-state index contributed by atoms with van der Waals surface area (Å²) >= 11 is 6.18. The van der Waals surface area contributed by atoms with Gasteiger partial charge in [-0.25, -0.2) is 4.98 Å². The van der Waals surface area contributed by atoms with Gasteiger partial charge >= 0.3 is 0 Å². The Labute approximate surface area is 149 Å². The Morgan fingerprint density at radius 3 is 2.64 bits per heavy atom. The molecule has 0 bridgehead atoms. The minimum atomic E-state index is -0.252. The van der Waals surface area contributed by atoms with Gasteiger partial charge in [-0.15, -0.1) is 0 Å². The van der Waals surface area contributed by atoms with Gasteiger partial charge in [-0.2, -0.15) is 0 Å². The van der Waals surface area contributed by atoms with E-state index in [4.69, 9.17) is 21.1 Å². The number of H-pyrrole nitrogens is 1. The fourth-order valence-electron chi connectivity index (χ4n) is 2.66. The van der Waals surface area contributed by atoms with Crippen molar-refractivity contribution >= 4 is 23.2 Å². The summed E-state index contributed by atoms with van der Waals surface area (Å²) < 4.78 is 10.9. The van der Waals surface area contributed by atoms with Crippen LogP contribution in [0.5, 0.6) is 11.5 Å². The Hall–Kier alpha value is -2.54. The van der Waals surface area contributed by atoms with Crippen LogP contribution in [0.1, 0.15) is 23.5 Å². The van der Waals surface area contributed by atoms with Crippen molar-refractivity contribution in [3.05, 3.63) is 44.6 Å². The summed E-state index contributed by atoms with van der Waals surface area (Å²) in [5, 5.41) is 3.11. The maximum absolute atomic E-state index is 12.2. The maximum atomic E-state index is 12.2. The molecule has 0 aliphatic carbocycles. The van der Waals surface area contributed by atoms with Crippen LogP contribution in [0.2, 0.25) is 5.02 Å². The Balaban J connectivity index is 1.68. The summed E-state index contributed by atoms with van der Waals surface area (Å²) in [6.45, 7) is 4.39. The normalized spacial score (nSPS) is 12.8. The lowest BCUT2D eigenvalue weighted by Gasteiger charge is -2.20. The molecule has 25 heavy (non-hydrogen) atoms. The Kier molecular flexibility index (Phi) is 4.94. The van der Waals surface area contributed by atoms with Crippen molar-refractivity contribution in [1.29, 1.82) is 0 Å². The first-order valence-corrected chi connectivity index (χ1v) is 8.27. The van der Waals surface area contributed by atoms with E-state index in [0.717, 1.165) is 0 Å². The molecular formula is C17H18ClN3O4. The standard InChI is InChI=1S/C17H18ClN3O4/c1-9-11(17(23)20-10(2)19-9)3-4-16(22)21-13-8-15-14(7-12(13)18)24-5-6-25-15/h7-8H,3-6H2,1-2H3,(H,21,22)(H,19,20,23). The molecule has 132 valence electrons. The molecule has 0 saturated heterocycles. The Morgan fingerprint density at radius 1 is 1.28 bits per heavy atom. The van der Waals surface area contributed by atoms with E-state index in [0.29, 0.717) is 58.9 Å². The highest BCUT2D eigenvalue weighted by Gasteiger charge is 2.17. The number of anilines is 1. The average Bonchev–Trinajstić information content (AvgIpc) is 2.54. The molecular weight excluding hydrogens is 346 g/mol. The molecule has 0 atom stereocenters.